The highest BCUT2D eigenvalue weighted by Crippen LogP contribution is 2.19. The fraction of sp³-hybridized carbons (Fsp3) is 0.353. The Balaban J connectivity index is 2.14. The zero-order valence-electron chi connectivity index (χ0n) is 13.7. The summed E-state index contributed by atoms with van der Waals surface area (Å²) in [5.74, 6) is 0.941. The van der Waals surface area contributed by atoms with Crippen molar-refractivity contribution in [3.8, 4) is 5.75 Å². The van der Waals surface area contributed by atoms with Crippen LogP contribution in [0.5, 0.6) is 5.75 Å². The Morgan fingerprint density at radius 2 is 2.09 bits per heavy atom. The first-order valence-electron chi connectivity index (χ1n) is 7.67. The number of hydrogen-bond donors (Lipinski definition) is 2. The maximum absolute atomic E-state index is 12.1. The number of anilines is 2. The van der Waals surface area contributed by atoms with E-state index < -0.39 is 0 Å². The van der Waals surface area contributed by atoms with Gasteiger partial charge >= 0.3 is 0 Å². The molecule has 1 amide bonds. The summed E-state index contributed by atoms with van der Waals surface area (Å²) in [6.45, 7) is 4.56. The van der Waals surface area contributed by atoms with E-state index in [1.165, 1.54) is 0 Å². The molecule has 1 aromatic heterocycles. The third-order valence-corrected chi connectivity index (χ3v) is 3.23. The second-order valence-corrected chi connectivity index (χ2v) is 5.18. The summed E-state index contributed by atoms with van der Waals surface area (Å²) in [6, 6.07) is 9.13. The van der Waals surface area contributed by atoms with Crippen molar-refractivity contribution < 1.29 is 9.53 Å². The van der Waals surface area contributed by atoms with Gasteiger partial charge in [0.25, 0.3) is 5.91 Å². The van der Waals surface area contributed by atoms with E-state index in [-0.39, 0.29) is 5.91 Å². The maximum Gasteiger partial charge on any atom is 0.270 e. The lowest BCUT2D eigenvalue weighted by Gasteiger charge is -2.09. The number of ether oxygens (including phenoxy) is 1. The number of nitrogens with zero attached hydrogens (tertiary/aromatic N) is 2. The molecule has 0 aliphatic carbocycles. The van der Waals surface area contributed by atoms with Crippen LogP contribution in [-0.4, -0.2) is 29.5 Å². The van der Waals surface area contributed by atoms with Gasteiger partial charge in [0, 0.05) is 24.0 Å². The predicted molar refractivity (Wildman–Crippen MR) is 90.3 cm³/mol. The lowest BCUT2D eigenvalue weighted by molar-refractivity contribution is 0.0948. The van der Waals surface area contributed by atoms with Crippen molar-refractivity contribution >= 4 is 17.5 Å². The van der Waals surface area contributed by atoms with Gasteiger partial charge in [0.1, 0.15) is 11.4 Å². The van der Waals surface area contributed by atoms with Gasteiger partial charge in [-0.05, 0) is 31.5 Å². The standard InChI is InChI=1S/C17H22N4O2/c1-4-5-9-18-16(22)15-10-12(2)19-17(21-15)20-13-7-6-8-14(11-13)23-3/h6-8,10-11H,4-5,9H2,1-3H3,(H,18,22)(H,19,20,21). The number of carbonyl (C=O) groups is 1. The zero-order chi connectivity index (χ0) is 16.7. The van der Waals surface area contributed by atoms with Crippen molar-refractivity contribution in [2.75, 3.05) is 19.0 Å². The second-order valence-electron chi connectivity index (χ2n) is 5.18. The molecule has 0 fully saturated rings. The normalized spacial score (nSPS) is 10.2. The highest BCUT2D eigenvalue weighted by molar-refractivity contribution is 5.92. The molecule has 0 spiro atoms. The van der Waals surface area contributed by atoms with E-state index in [0.29, 0.717) is 18.2 Å². The number of benzene rings is 1. The summed E-state index contributed by atoms with van der Waals surface area (Å²) in [6.07, 6.45) is 1.98. The molecule has 0 bridgehead atoms. The van der Waals surface area contributed by atoms with Crippen molar-refractivity contribution in [3.05, 3.63) is 41.7 Å². The maximum atomic E-state index is 12.1. The average molecular weight is 314 g/mol. The summed E-state index contributed by atoms with van der Waals surface area (Å²) in [5, 5.41) is 5.96. The van der Waals surface area contributed by atoms with E-state index in [0.717, 1.165) is 30.0 Å². The molecule has 6 nitrogen and oxygen atoms in total. The molecule has 2 aromatic rings. The number of aryl methyl sites for hydroxylation is 1. The van der Waals surface area contributed by atoms with Crippen molar-refractivity contribution in [3.63, 3.8) is 0 Å². The van der Waals surface area contributed by atoms with E-state index in [4.69, 9.17) is 4.74 Å². The van der Waals surface area contributed by atoms with Gasteiger partial charge in [-0.15, -0.1) is 0 Å². The molecule has 0 unspecified atom stereocenters. The zero-order valence-corrected chi connectivity index (χ0v) is 13.7. The van der Waals surface area contributed by atoms with Crippen LogP contribution in [-0.2, 0) is 0 Å². The van der Waals surface area contributed by atoms with Crippen LogP contribution in [0.1, 0.15) is 35.9 Å². The molecule has 6 heteroatoms. The number of amides is 1. The minimum absolute atomic E-state index is 0.183. The van der Waals surface area contributed by atoms with Crippen LogP contribution in [0.25, 0.3) is 0 Å². The Bertz CT molecular complexity index is 673. The van der Waals surface area contributed by atoms with Crippen molar-refractivity contribution in [2.45, 2.75) is 26.7 Å². The number of aromatic nitrogens is 2. The summed E-state index contributed by atoms with van der Waals surface area (Å²) in [7, 11) is 1.61. The molecule has 2 rings (SSSR count). The third-order valence-electron chi connectivity index (χ3n) is 3.23. The molecule has 2 N–H and O–H groups in total. The summed E-state index contributed by atoms with van der Waals surface area (Å²) >= 11 is 0. The first kappa shape index (κ1) is 16.7. The van der Waals surface area contributed by atoms with Gasteiger partial charge in [-0.2, -0.15) is 0 Å². The molecule has 1 heterocycles. The molecule has 23 heavy (non-hydrogen) atoms. The van der Waals surface area contributed by atoms with Crippen LogP contribution in [0.15, 0.2) is 30.3 Å². The van der Waals surface area contributed by atoms with Gasteiger partial charge in [-0.3, -0.25) is 4.79 Å². The van der Waals surface area contributed by atoms with Crippen molar-refractivity contribution in [1.82, 2.24) is 15.3 Å². The summed E-state index contributed by atoms with van der Waals surface area (Å²) in [5.41, 5.74) is 1.89. The van der Waals surface area contributed by atoms with Crippen LogP contribution in [0.3, 0.4) is 0 Å². The Hall–Kier alpha value is -2.63. The molecule has 0 saturated carbocycles. The van der Waals surface area contributed by atoms with Crippen molar-refractivity contribution in [1.29, 1.82) is 0 Å². The van der Waals surface area contributed by atoms with Crippen molar-refractivity contribution in [2.24, 2.45) is 0 Å². The topological polar surface area (TPSA) is 76.1 Å². The van der Waals surface area contributed by atoms with Crippen LogP contribution >= 0.6 is 0 Å². The monoisotopic (exact) mass is 314 g/mol. The van der Waals surface area contributed by atoms with Crippen LogP contribution < -0.4 is 15.4 Å². The Labute approximate surface area is 136 Å². The number of hydrogen-bond acceptors (Lipinski definition) is 5. The number of methoxy groups -OCH3 is 1. The van der Waals surface area contributed by atoms with Crippen LogP contribution in [0.2, 0.25) is 0 Å². The highest BCUT2D eigenvalue weighted by atomic mass is 16.5. The van der Waals surface area contributed by atoms with Crippen LogP contribution in [0.4, 0.5) is 11.6 Å². The Morgan fingerprint density at radius 3 is 2.83 bits per heavy atom. The van der Waals surface area contributed by atoms with Gasteiger partial charge < -0.3 is 15.4 Å². The Kier molecular flexibility index (Phi) is 5.91. The lowest BCUT2D eigenvalue weighted by atomic mass is 10.3. The van der Waals surface area contributed by atoms with Gasteiger partial charge in [-0.25, -0.2) is 9.97 Å². The second kappa shape index (κ2) is 8.12. The molecule has 0 radical (unpaired) electrons. The molecule has 0 aliphatic rings. The van der Waals surface area contributed by atoms with Gasteiger partial charge in [-0.1, -0.05) is 19.4 Å². The van der Waals surface area contributed by atoms with E-state index in [2.05, 4.69) is 27.5 Å². The van der Waals surface area contributed by atoms with E-state index in [1.807, 2.05) is 31.2 Å². The predicted octanol–water partition coefficient (Wildman–Crippen LogP) is 3.07. The third kappa shape index (κ3) is 4.95. The lowest BCUT2D eigenvalue weighted by Crippen LogP contribution is -2.25. The number of carbonyl (C=O) groups excluding carboxylic acids is 1. The number of nitrogens with one attached hydrogen (secondary N) is 2. The summed E-state index contributed by atoms with van der Waals surface area (Å²) < 4.78 is 5.19. The molecular weight excluding hydrogens is 292 g/mol. The fourth-order valence-electron chi connectivity index (χ4n) is 2.04. The average Bonchev–Trinajstić information content (AvgIpc) is 2.54. The van der Waals surface area contributed by atoms with Gasteiger partial charge in [0.05, 0.1) is 7.11 Å². The fourth-order valence-corrected chi connectivity index (χ4v) is 2.04. The first-order valence-corrected chi connectivity index (χ1v) is 7.67. The Morgan fingerprint density at radius 1 is 1.26 bits per heavy atom. The van der Waals surface area contributed by atoms with E-state index in [9.17, 15) is 4.79 Å². The molecule has 1 aromatic carbocycles. The van der Waals surface area contributed by atoms with Gasteiger partial charge in [0.2, 0.25) is 5.95 Å². The first-order chi connectivity index (χ1) is 11.1. The smallest absolute Gasteiger partial charge is 0.270 e. The van der Waals surface area contributed by atoms with Crippen LogP contribution in [0, 0.1) is 6.92 Å². The van der Waals surface area contributed by atoms with E-state index in [1.54, 1.807) is 13.2 Å². The molecule has 0 saturated heterocycles. The number of unbranched alkanes of at least 4 members (excludes halogenated alkanes) is 1. The SMILES string of the molecule is CCCCNC(=O)c1cc(C)nc(Nc2cccc(OC)c2)n1. The number of rotatable bonds is 7. The highest BCUT2D eigenvalue weighted by Gasteiger charge is 2.10. The quantitative estimate of drug-likeness (QED) is 0.768. The largest absolute Gasteiger partial charge is 0.497 e. The summed E-state index contributed by atoms with van der Waals surface area (Å²) in [4.78, 5) is 20.7. The molecular formula is C17H22N4O2. The molecule has 0 aliphatic heterocycles. The minimum atomic E-state index is -0.183. The molecule has 0 atom stereocenters. The molecule has 122 valence electrons. The van der Waals surface area contributed by atoms with E-state index >= 15 is 0 Å². The van der Waals surface area contributed by atoms with Gasteiger partial charge in [0.15, 0.2) is 0 Å². The minimum Gasteiger partial charge on any atom is -0.497 e.